The van der Waals surface area contributed by atoms with Gasteiger partial charge in [-0.2, -0.15) is 0 Å². The molecule has 0 amide bonds. The molecule has 0 bridgehead atoms. The first-order valence-corrected chi connectivity index (χ1v) is 9.40. The molecule has 0 atom stereocenters. The minimum Gasteiger partial charge on any atom is -0.507 e. The lowest BCUT2D eigenvalue weighted by Crippen LogP contribution is -2.00. The Kier molecular flexibility index (Phi) is 5.81. The Balaban J connectivity index is 1.72. The van der Waals surface area contributed by atoms with Gasteiger partial charge in [-0.3, -0.25) is 9.78 Å². The van der Waals surface area contributed by atoms with Gasteiger partial charge < -0.3 is 9.84 Å². The van der Waals surface area contributed by atoms with E-state index in [1.165, 1.54) is 6.92 Å². The highest BCUT2D eigenvalue weighted by Gasteiger charge is 2.13. The summed E-state index contributed by atoms with van der Waals surface area (Å²) >= 11 is 1.65. The van der Waals surface area contributed by atoms with E-state index in [0.717, 1.165) is 20.9 Å². The number of aryl methyl sites for hydroxylation is 1. The SMILES string of the molecule is CC(=O)c1ccc(OCc2cccc(Sc3cncc(C)c3)c2)c(C)c1O. The molecule has 0 saturated carbocycles. The predicted molar refractivity (Wildman–Crippen MR) is 107 cm³/mol. The highest BCUT2D eigenvalue weighted by molar-refractivity contribution is 7.99. The predicted octanol–water partition coefficient (Wildman–Crippen LogP) is 5.34. The van der Waals surface area contributed by atoms with Crippen LogP contribution in [-0.2, 0) is 6.61 Å². The smallest absolute Gasteiger partial charge is 0.163 e. The fourth-order valence-corrected chi connectivity index (χ4v) is 3.69. The largest absolute Gasteiger partial charge is 0.507 e. The number of aromatic hydroxyl groups is 1. The number of nitrogens with zero attached hydrogens (tertiary/aromatic N) is 1. The number of hydrogen-bond donors (Lipinski definition) is 1. The number of benzene rings is 2. The van der Waals surface area contributed by atoms with E-state index in [0.29, 0.717) is 23.5 Å². The van der Waals surface area contributed by atoms with E-state index in [1.807, 2.05) is 31.5 Å². The number of phenolic OH excluding ortho intramolecular Hbond substituents is 1. The summed E-state index contributed by atoms with van der Waals surface area (Å²) in [5, 5.41) is 10.2. The normalized spacial score (nSPS) is 10.6. The van der Waals surface area contributed by atoms with Gasteiger partial charge in [0, 0.05) is 27.7 Å². The summed E-state index contributed by atoms with van der Waals surface area (Å²) in [6.07, 6.45) is 3.69. The van der Waals surface area contributed by atoms with Crippen LogP contribution in [0.15, 0.2) is 64.6 Å². The number of rotatable bonds is 6. The zero-order valence-corrected chi connectivity index (χ0v) is 16.3. The molecule has 0 spiro atoms. The van der Waals surface area contributed by atoms with Gasteiger partial charge in [0.25, 0.3) is 0 Å². The van der Waals surface area contributed by atoms with Crippen LogP contribution in [0.25, 0.3) is 0 Å². The molecule has 0 unspecified atom stereocenters. The van der Waals surface area contributed by atoms with Crippen LogP contribution in [-0.4, -0.2) is 15.9 Å². The molecule has 0 fully saturated rings. The van der Waals surface area contributed by atoms with Crippen molar-refractivity contribution in [2.24, 2.45) is 0 Å². The second kappa shape index (κ2) is 8.27. The van der Waals surface area contributed by atoms with Crippen LogP contribution in [0, 0.1) is 13.8 Å². The summed E-state index contributed by atoms with van der Waals surface area (Å²) in [5.41, 5.74) is 3.03. The van der Waals surface area contributed by atoms with E-state index in [1.54, 1.807) is 30.8 Å². The number of aromatic nitrogens is 1. The number of Topliss-reactive ketones (excluding diaryl/α,β-unsaturated/α-hetero) is 1. The summed E-state index contributed by atoms with van der Waals surface area (Å²) in [4.78, 5) is 17.9. The van der Waals surface area contributed by atoms with Crippen molar-refractivity contribution in [2.45, 2.75) is 37.2 Å². The van der Waals surface area contributed by atoms with E-state index >= 15 is 0 Å². The first-order valence-electron chi connectivity index (χ1n) is 8.59. The zero-order chi connectivity index (χ0) is 19.4. The van der Waals surface area contributed by atoms with Crippen LogP contribution >= 0.6 is 11.8 Å². The molecule has 2 aromatic carbocycles. The van der Waals surface area contributed by atoms with Crippen molar-refractivity contribution >= 4 is 17.5 Å². The molecule has 0 saturated heterocycles. The van der Waals surface area contributed by atoms with Crippen LogP contribution in [0.4, 0.5) is 0 Å². The third-order valence-corrected chi connectivity index (χ3v) is 5.09. The minimum absolute atomic E-state index is 0.0174. The lowest BCUT2D eigenvalue weighted by atomic mass is 10.1. The Morgan fingerprint density at radius 2 is 1.93 bits per heavy atom. The van der Waals surface area contributed by atoms with E-state index in [4.69, 9.17) is 4.74 Å². The van der Waals surface area contributed by atoms with Crippen LogP contribution in [0.5, 0.6) is 11.5 Å². The summed E-state index contributed by atoms with van der Waals surface area (Å²) in [6.45, 7) is 5.58. The number of hydrogen-bond acceptors (Lipinski definition) is 5. The quantitative estimate of drug-likeness (QED) is 0.586. The second-order valence-electron chi connectivity index (χ2n) is 6.38. The van der Waals surface area contributed by atoms with Gasteiger partial charge in [0.1, 0.15) is 18.1 Å². The minimum atomic E-state index is -0.169. The molecular weight excluding hydrogens is 358 g/mol. The molecule has 0 radical (unpaired) electrons. The summed E-state index contributed by atoms with van der Waals surface area (Å²) < 4.78 is 5.87. The molecule has 1 heterocycles. The third-order valence-electron chi connectivity index (χ3n) is 4.14. The van der Waals surface area contributed by atoms with Crippen molar-refractivity contribution in [2.75, 3.05) is 0 Å². The van der Waals surface area contributed by atoms with Crippen LogP contribution in [0.3, 0.4) is 0 Å². The molecule has 3 rings (SSSR count). The van der Waals surface area contributed by atoms with Gasteiger partial charge in [-0.15, -0.1) is 0 Å². The fraction of sp³-hybridized carbons (Fsp3) is 0.182. The third kappa shape index (κ3) is 4.68. The molecule has 0 aliphatic rings. The van der Waals surface area contributed by atoms with Gasteiger partial charge in [0.05, 0.1) is 5.56 Å². The topological polar surface area (TPSA) is 59.4 Å². The van der Waals surface area contributed by atoms with Gasteiger partial charge in [-0.1, -0.05) is 23.9 Å². The number of pyridine rings is 1. The molecule has 138 valence electrons. The maximum Gasteiger partial charge on any atom is 0.163 e. The van der Waals surface area contributed by atoms with Crippen LogP contribution < -0.4 is 4.74 Å². The summed E-state index contributed by atoms with van der Waals surface area (Å²) in [5.74, 6) is 0.382. The van der Waals surface area contributed by atoms with E-state index in [9.17, 15) is 9.90 Å². The van der Waals surface area contributed by atoms with Gasteiger partial charge in [-0.25, -0.2) is 0 Å². The fourth-order valence-electron chi connectivity index (χ4n) is 2.70. The van der Waals surface area contributed by atoms with Crippen molar-refractivity contribution in [3.8, 4) is 11.5 Å². The van der Waals surface area contributed by atoms with Crippen molar-refractivity contribution in [1.82, 2.24) is 4.98 Å². The maximum atomic E-state index is 11.5. The van der Waals surface area contributed by atoms with Crippen molar-refractivity contribution in [3.05, 3.63) is 77.1 Å². The van der Waals surface area contributed by atoms with Crippen LogP contribution in [0.2, 0.25) is 0 Å². The first kappa shape index (κ1) is 19.0. The molecule has 0 aliphatic heterocycles. The molecule has 1 N–H and O–H groups in total. The molecule has 1 aromatic heterocycles. The average Bonchev–Trinajstić information content (AvgIpc) is 2.63. The Morgan fingerprint density at radius 3 is 2.67 bits per heavy atom. The lowest BCUT2D eigenvalue weighted by molar-refractivity contribution is 0.101. The first-order chi connectivity index (χ1) is 12.9. The highest BCUT2D eigenvalue weighted by atomic mass is 32.2. The Labute approximate surface area is 163 Å². The molecule has 27 heavy (non-hydrogen) atoms. The van der Waals surface area contributed by atoms with Gasteiger partial charge >= 0.3 is 0 Å². The standard InChI is InChI=1S/C22H21NO3S/c1-14-9-19(12-23-11-14)27-18-6-4-5-17(10-18)13-26-21-8-7-20(16(3)24)22(25)15(21)2/h4-12,25H,13H2,1-3H3. The number of ether oxygens (including phenoxy) is 1. The zero-order valence-electron chi connectivity index (χ0n) is 15.5. The molecule has 3 aromatic rings. The number of carbonyl (C=O) groups excluding carboxylic acids is 1. The van der Waals surface area contributed by atoms with Gasteiger partial charge in [0.2, 0.25) is 0 Å². The summed E-state index contributed by atoms with van der Waals surface area (Å²) in [6, 6.07) is 13.5. The lowest BCUT2D eigenvalue weighted by Gasteiger charge is -2.13. The molecule has 0 aliphatic carbocycles. The van der Waals surface area contributed by atoms with Crippen molar-refractivity contribution in [3.63, 3.8) is 0 Å². The monoisotopic (exact) mass is 379 g/mol. The Bertz CT molecular complexity index is 985. The van der Waals surface area contributed by atoms with Crippen molar-refractivity contribution < 1.29 is 14.6 Å². The number of ketones is 1. The number of phenols is 1. The van der Waals surface area contributed by atoms with E-state index in [-0.39, 0.29) is 11.5 Å². The van der Waals surface area contributed by atoms with Gasteiger partial charge in [-0.05, 0) is 62.2 Å². The second-order valence-corrected chi connectivity index (χ2v) is 7.52. The average molecular weight is 379 g/mol. The van der Waals surface area contributed by atoms with Gasteiger partial charge in [0.15, 0.2) is 5.78 Å². The highest BCUT2D eigenvalue weighted by Crippen LogP contribution is 2.32. The molecular formula is C22H21NO3S. The molecule has 4 nitrogen and oxygen atoms in total. The van der Waals surface area contributed by atoms with Crippen molar-refractivity contribution in [1.29, 1.82) is 0 Å². The number of carbonyl (C=O) groups is 1. The summed E-state index contributed by atoms with van der Waals surface area (Å²) in [7, 11) is 0. The maximum absolute atomic E-state index is 11.5. The van der Waals surface area contributed by atoms with Crippen LogP contribution in [0.1, 0.15) is 34.0 Å². The Morgan fingerprint density at radius 1 is 1.11 bits per heavy atom. The Hall–Kier alpha value is -2.79. The van der Waals surface area contributed by atoms with E-state index in [2.05, 4.69) is 23.2 Å². The molecule has 5 heteroatoms. The van der Waals surface area contributed by atoms with E-state index < -0.39 is 0 Å².